The highest BCUT2D eigenvalue weighted by Crippen LogP contribution is 2.27. The number of rotatable bonds is 3. The van der Waals surface area contributed by atoms with E-state index in [2.05, 4.69) is 28.6 Å². The number of nitrogens with zero attached hydrogens (tertiary/aromatic N) is 2. The number of nitrogens with one attached hydrogen (secondary N) is 1. The largest absolute Gasteiger partial charge is 0.493 e. The monoisotopic (exact) mass is 265 g/mol. The molecule has 3 heterocycles. The van der Waals surface area contributed by atoms with Gasteiger partial charge in [-0.25, -0.2) is 4.98 Å². The van der Waals surface area contributed by atoms with E-state index in [1.807, 2.05) is 34.9 Å². The smallest absolute Gasteiger partial charge is 0.137 e. The van der Waals surface area contributed by atoms with Crippen LogP contribution in [-0.2, 0) is 13.0 Å². The van der Waals surface area contributed by atoms with Crippen molar-refractivity contribution in [3.63, 3.8) is 0 Å². The normalized spacial score (nSPS) is 13.2. The maximum absolute atomic E-state index is 5.51. The van der Waals surface area contributed by atoms with Crippen LogP contribution in [0, 0.1) is 0 Å². The molecule has 0 bridgehead atoms. The first-order valence-electron chi connectivity index (χ1n) is 6.81. The third-order valence-electron chi connectivity index (χ3n) is 3.58. The summed E-state index contributed by atoms with van der Waals surface area (Å²) < 4.78 is 7.55. The third-order valence-corrected chi connectivity index (χ3v) is 3.58. The summed E-state index contributed by atoms with van der Waals surface area (Å²) in [4.78, 5) is 4.58. The van der Waals surface area contributed by atoms with Crippen LogP contribution in [-0.4, -0.2) is 16.0 Å². The molecule has 20 heavy (non-hydrogen) atoms. The van der Waals surface area contributed by atoms with Gasteiger partial charge in [-0.15, -0.1) is 0 Å². The number of imidazole rings is 1. The molecular formula is C16H15N3O. The van der Waals surface area contributed by atoms with Gasteiger partial charge in [0.15, 0.2) is 0 Å². The number of ether oxygens (including phenoxy) is 1. The van der Waals surface area contributed by atoms with Crippen molar-refractivity contribution in [2.24, 2.45) is 0 Å². The summed E-state index contributed by atoms with van der Waals surface area (Å²) in [5.74, 6) is 1.02. The molecule has 3 aromatic rings. The Hall–Kier alpha value is -2.49. The van der Waals surface area contributed by atoms with Crippen LogP contribution < -0.4 is 10.1 Å². The van der Waals surface area contributed by atoms with E-state index in [-0.39, 0.29) is 0 Å². The molecule has 1 aromatic carbocycles. The van der Waals surface area contributed by atoms with E-state index in [1.54, 1.807) is 0 Å². The van der Waals surface area contributed by atoms with E-state index < -0.39 is 0 Å². The Labute approximate surface area is 117 Å². The number of aromatic nitrogens is 2. The molecule has 0 saturated carbocycles. The second kappa shape index (κ2) is 4.56. The molecule has 1 aliphatic heterocycles. The Balaban J connectivity index is 1.52. The van der Waals surface area contributed by atoms with Crippen LogP contribution in [0.2, 0.25) is 0 Å². The second-order valence-electron chi connectivity index (χ2n) is 4.97. The molecular weight excluding hydrogens is 250 g/mol. The van der Waals surface area contributed by atoms with Crippen LogP contribution in [0.15, 0.2) is 48.8 Å². The molecule has 0 unspecified atom stereocenters. The van der Waals surface area contributed by atoms with Gasteiger partial charge >= 0.3 is 0 Å². The first kappa shape index (κ1) is 11.3. The highest BCUT2D eigenvalue weighted by Gasteiger charge is 2.11. The molecule has 0 aliphatic carbocycles. The van der Waals surface area contributed by atoms with Crippen molar-refractivity contribution in [2.75, 3.05) is 11.9 Å². The van der Waals surface area contributed by atoms with Gasteiger partial charge in [-0.05, 0) is 35.9 Å². The zero-order valence-electron chi connectivity index (χ0n) is 11.0. The molecule has 0 spiro atoms. The maximum atomic E-state index is 5.51. The Kier molecular flexibility index (Phi) is 2.59. The van der Waals surface area contributed by atoms with Gasteiger partial charge in [-0.1, -0.05) is 6.07 Å². The van der Waals surface area contributed by atoms with E-state index in [4.69, 9.17) is 4.74 Å². The van der Waals surface area contributed by atoms with Crippen molar-refractivity contribution in [3.05, 3.63) is 60.0 Å². The Morgan fingerprint density at radius 3 is 3.20 bits per heavy atom. The first-order chi connectivity index (χ1) is 9.88. The van der Waals surface area contributed by atoms with E-state index in [1.165, 1.54) is 5.56 Å². The molecule has 0 saturated heterocycles. The summed E-state index contributed by atoms with van der Waals surface area (Å²) in [6.45, 7) is 1.52. The fourth-order valence-electron chi connectivity index (χ4n) is 2.56. The molecule has 4 nitrogen and oxygen atoms in total. The minimum atomic E-state index is 0.724. The van der Waals surface area contributed by atoms with Gasteiger partial charge < -0.3 is 14.5 Å². The fraction of sp³-hybridized carbons (Fsp3) is 0.188. The predicted octanol–water partition coefficient (Wildman–Crippen LogP) is 2.88. The summed E-state index contributed by atoms with van der Waals surface area (Å²) in [5.41, 5.74) is 4.41. The molecule has 100 valence electrons. The first-order valence-corrected chi connectivity index (χ1v) is 6.81. The van der Waals surface area contributed by atoms with Gasteiger partial charge in [0.1, 0.15) is 11.4 Å². The van der Waals surface area contributed by atoms with E-state index in [0.29, 0.717) is 0 Å². The maximum Gasteiger partial charge on any atom is 0.137 e. The second-order valence-corrected chi connectivity index (χ2v) is 4.97. The number of hydrogen-bond acceptors (Lipinski definition) is 3. The Morgan fingerprint density at radius 1 is 1.25 bits per heavy atom. The van der Waals surface area contributed by atoms with Crippen molar-refractivity contribution in [2.45, 2.75) is 13.0 Å². The number of anilines is 1. The number of hydrogen-bond donors (Lipinski definition) is 1. The van der Waals surface area contributed by atoms with Crippen LogP contribution in [0.25, 0.3) is 5.65 Å². The number of fused-ring (bicyclic) bond motifs is 2. The lowest BCUT2D eigenvalue weighted by atomic mass is 10.1. The molecule has 0 fully saturated rings. The SMILES string of the molecule is c1ccn2cc(CNc3ccc4c(c3)CCO4)nc2c1. The van der Waals surface area contributed by atoms with Gasteiger partial charge in [0.25, 0.3) is 0 Å². The summed E-state index contributed by atoms with van der Waals surface area (Å²) in [6.07, 6.45) is 5.07. The van der Waals surface area contributed by atoms with Crippen LogP contribution in [0.3, 0.4) is 0 Å². The van der Waals surface area contributed by atoms with Crippen molar-refractivity contribution in [1.82, 2.24) is 9.38 Å². The molecule has 0 amide bonds. The molecule has 1 N–H and O–H groups in total. The number of benzene rings is 1. The fourth-order valence-corrected chi connectivity index (χ4v) is 2.56. The van der Waals surface area contributed by atoms with Crippen LogP contribution in [0.4, 0.5) is 5.69 Å². The van der Waals surface area contributed by atoms with E-state index >= 15 is 0 Å². The van der Waals surface area contributed by atoms with Crippen molar-refractivity contribution in [3.8, 4) is 5.75 Å². The van der Waals surface area contributed by atoms with Crippen molar-refractivity contribution in [1.29, 1.82) is 0 Å². The Bertz CT molecular complexity index is 730. The molecule has 0 atom stereocenters. The van der Waals surface area contributed by atoms with Gasteiger partial charge in [-0.3, -0.25) is 0 Å². The molecule has 1 aliphatic rings. The van der Waals surface area contributed by atoms with Gasteiger partial charge in [0, 0.05) is 24.5 Å². The van der Waals surface area contributed by atoms with Crippen LogP contribution >= 0.6 is 0 Å². The van der Waals surface area contributed by atoms with Crippen LogP contribution in [0.1, 0.15) is 11.3 Å². The zero-order chi connectivity index (χ0) is 13.4. The van der Waals surface area contributed by atoms with Crippen molar-refractivity contribution < 1.29 is 4.74 Å². The molecule has 4 rings (SSSR count). The van der Waals surface area contributed by atoms with Gasteiger partial charge in [0.2, 0.25) is 0 Å². The molecule has 2 aromatic heterocycles. The minimum Gasteiger partial charge on any atom is -0.493 e. The minimum absolute atomic E-state index is 0.724. The summed E-state index contributed by atoms with van der Waals surface area (Å²) in [6, 6.07) is 12.3. The van der Waals surface area contributed by atoms with E-state index in [0.717, 1.165) is 42.4 Å². The predicted molar refractivity (Wildman–Crippen MR) is 78.2 cm³/mol. The molecule has 0 radical (unpaired) electrons. The highest BCUT2D eigenvalue weighted by molar-refractivity contribution is 5.52. The zero-order valence-corrected chi connectivity index (χ0v) is 11.0. The van der Waals surface area contributed by atoms with Gasteiger partial charge in [-0.2, -0.15) is 0 Å². The summed E-state index contributed by atoms with van der Waals surface area (Å²) in [5, 5.41) is 3.42. The van der Waals surface area contributed by atoms with E-state index in [9.17, 15) is 0 Å². The van der Waals surface area contributed by atoms with Gasteiger partial charge in [0.05, 0.1) is 18.8 Å². The van der Waals surface area contributed by atoms with Crippen LogP contribution in [0.5, 0.6) is 5.75 Å². The average molecular weight is 265 g/mol. The lowest BCUT2D eigenvalue weighted by Gasteiger charge is -2.06. The quantitative estimate of drug-likeness (QED) is 0.791. The topological polar surface area (TPSA) is 38.6 Å². The molecule has 4 heteroatoms. The van der Waals surface area contributed by atoms with Crippen molar-refractivity contribution >= 4 is 11.3 Å². The highest BCUT2D eigenvalue weighted by atomic mass is 16.5. The average Bonchev–Trinajstić information content (AvgIpc) is 3.10. The summed E-state index contributed by atoms with van der Waals surface area (Å²) in [7, 11) is 0. The lowest BCUT2D eigenvalue weighted by Crippen LogP contribution is -1.99. The Morgan fingerprint density at radius 2 is 2.25 bits per heavy atom. The standard InChI is InChI=1S/C16H15N3O/c1-2-7-19-11-14(18-16(19)3-1)10-17-13-4-5-15-12(9-13)6-8-20-15/h1-5,7,9,11,17H,6,8,10H2. The number of pyridine rings is 1. The summed E-state index contributed by atoms with van der Waals surface area (Å²) >= 11 is 0. The lowest BCUT2D eigenvalue weighted by molar-refractivity contribution is 0.357. The third kappa shape index (κ3) is 1.99.